The van der Waals surface area contributed by atoms with Gasteiger partial charge < -0.3 is 10.2 Å². The molecule has 4 unspecified atom stereocenters. The Morgan fingerprint density at radius 2 is 1.65 bits per heavy atom. The Hall–Kier alpha value is -1.18. The van der Waals surface area contributed by atoms with Gasteiger partial charge in [-0.3, -0.25) is 0 Å². The zero-order valence-corrected chi connectivity index (χ0v) is 16.2. The van der Waals surface area contributed by atoms with Gasteiger partial charge in [0.15, 0.2) is 0 Å². The maximum atomic E-state index is 4.13. The monoisotopic (exact) mass is 350 g/mol. The first-order valence-electron chi connectivity index (χ1n) is 11.6. The molecule has 0 aromatic rings. The van der Waals surface area contributed by atoms with Crippen molar-refractivity contribution in [3.63, 3.8) is 0 Å². The fraction of sp³-hybridized carbons (Fsp3) is 0.750. The van der Waals surface area contributed by atoms with E-state index < -0.39 is 0 Å². The maximum Gasteiger partial charge on any atom is 0.0757 e. The van der Waals surface area contributed by atoms with Crippen molar-refractivity contribution in [1.29, 1.82) is 0 Å². The number of nitrogens with one attached hydrogen (secondary N) is 1. The molecule has 2 saturated carbocycles. The number of allylic oxidation sites excluding steroid dienone is 2. The molecule has 0 saturated heterocycles. The molecule has 6 aliphatic rings. The predicted octanol–water partition coefficient (Wildman–Crippen LogP) is 5.43. The molecule has 2 fully saturated rings. The number of hydrogen-bond acceptors (Lipinski definition) is 2. The lowest BCUT2D eigenvalue weighted by Gasteiger charge is -2.43. The highest BCUT2D eigenvalue weighted by Gasteiger charge is 2.51. The third-order valence-corrected chi connectivity index (χ3v) is 8.48. The molecule has 0 radical (unpaired) electrons. The Morgan fingerprint density at radius 3 is 2.58 bits per heavy atom. The van der Waals surface area contributed by atoms with E-state index in [0.717, 1.165) is 23.9 Å². The van der Waals surface area contributed by atoms with Crippen LogP contribution in [-0.4, -0.2) is 23.0 Å². The minimum absolute atomic E-state index is 0.667. The van der Waals surface area contributed by atoms with Gasteiger partial charge in [-0.1, -0.05) is 38.2 Å². The van der Waals surface area contributed by atoms with E-state index in [2.05, 4.69) is 22.4 Å². The number of nitrogens with zero attached hydrogens (tertiary/aromatic N) is 1. The van der Waals surface area contributed by atoms with Crippen molar-refractivity contribution in [2.45, 2.75) is 102 Å². The molecule has 4 atom stereocenters. The first-order chi connectivity index (χ1) is 12.9. The lowest BCUT2D eigenvalue weighted by Crippen LogP contribution is -2.47. The Bertz CT molecular complexity index is 678. The molecule has 1 N–H and O–H groups in total. The van der Waals surface area contributed by atoms with Crippen LogP contribution in [0.5, 0.6) is 0 Å². The second-order valence-electron chi connectivity index (χ2n) is 9.72. The topological polar surface area (TPSA) is 15.3 Å². The number of rotatable bonds is 1. The molecular weight excluding hydrogens is 316 g/mol. The third kappa shape index (κ3) is 2.23. The van der Waals surface area contributed by atoms with Gasteiger partial charge in [0, 0.05) is 35.3 Å². The molecule has 2 heterocycles. The van der Waals surface area contributed by atoms with Crippen molar-refractivity contribution in [3.8, 4) is 0 Å². The minimum atomic E-state index is 0.667. The second kappa shape index (κ2) is 6.17. The zero-order chi connectivity index (χ0) is 17.1. The SMILES string of the molecule is C1=CC2=C(CC1)C1CCC3=C(NC4CCCCC34)C1N2C1CCCCC1. The quantitative estimate of drug-likeness (QED) is 0.678. The van der Waals surface area contributed by atoms with E-state index in [1.54, 1.807) is 11.4 Å². The van der Waals surface area contributed by atoms with Gasteiger partial charge in [-0.2, -0.15) is 0 Å². The van der Waals surface area contributed by atoms with Gasteiger partial charge in [-0.05, 0) is 68.6 Å². The van der Waals surface area contributed by atoms with Crippen LogP contribution in [0, 0.1) is 11.8 Å². The van der Waals surface area contributed by atoms with Crippen LogP contribution >= 0.6 is 0 Å². The van der Waals surface area contributed by atoms with Gasteiger partial charge in [0.25, 0.3) is 0 Å². The van der Waals surface area contributed by atoms with Gasteiger partial charge in [-0.25, -0.2) is 0 Å². The van der Waals surface area contributed by atoms with E-state index >= 15 is 0 Å². The zero-order valence-electron chi connectivity index (χ0n) is 16.2. The van der Waals surface area contributed by atoms with Crippen LogP contribution in [0.4, 0.5) is 0 Å². The first-order valence-corrected chi connectivity index (χ1v) is 11.6. The molecule has 2 nitrogen and oxygen atoms in total. The van der Waals surface area contributed by atoms with Crippen LogP contribution in [0.3, 0.4) is 0 Å². The van der Waals surface area contributed by atoms with Gasteiger partial charge in [-0.15, -0.1) is 0 Å². The van der Waals surface area contributed by atoms with Crippen molar-refractivity contribution < 1.29 is 0 Å². The normalized spacial score (nSPS) is 39.5. The summed E-state index contributed by atoms with van der Waals surface area (Å²) in [6.45, 7) is 0. The van der Waals surface area contributed by atoms with Gasteiger partial charge in [0.2, 0.25) is 0 Å². The van der Waals surface area contributed by atoms with Crippen LogP contribution in [0.1, 0.15) is 83.5 Å². The van der Waals surface area contributed by atoms with Crippen LogP contribution in [0.2, 0.25) is 0 Å². The Labute approximate surface area is 158 Å². The summed E-state index contributed by atoms with van der Waals surface area (Å²) >= 11 is 0. The van der Waals surface area contributed by atoms with Gasteiger partial charge in [0.05, 0.1) is 6.04 Å². The van der Waals surface area contributed by atoms with Gasteiger partial charge >= 0.3 is 0 Å². The Morgan fingerprint density at radius 1 is 0.808 bits per heavy atom. The average molecular weight is 351 g/mol. The molecular formula is C24H34N2. The van der Waals surface area contributed by atoms with E-state index in [4.69, 9.17) is 0 Å². The molecule has 2 aliphatic heterocycles. The molecule has 0 aromatic carbocycles. The third-order valence-electron chi connectivity index (χ3n) is 8.48. The summed E-state index contributed by atoms with van der Waals surface area (Å²) in [7, 11) is 0. The van der Waals surface area contributed by atoms with Crippen molar-refractivity contribution in [2.24, 2.45) is 11.8 Å². The smallest absolute Gasteiger partial charge is 0.0757 e. The summed E-state index contributed by atoms with van der Waals surface area (Å²) < 4.78 is 0. The largest absolute Gasteiger partial charge is 0.383 e. The van der Waals surface area contributed by atoms with Crippen LogP contribution in [0.25, 0.3) is 0 Å². The molecule has 4 aliphatic carbocycles. The number of fused-ring (bicyclic) bond motifs is 5. The van der Waals surface area contributed by atoms with Crippen LogP contribution in [-0.2, 0) is 0 Å². The van der Waals surface area contributed by atoms with Crippen molar-refractivity contribution in [3.05, 3.63) is 34.7 Å². The van der Waals surface area contributed by atoms with E-state index in [0.29, 0.717) is 6.04 Å². The Kier molecular flexibility index (Phi) is 3.76. The average Bonchev–Trinajstić information content (AvgIpc) is 3.24. The van der Waals surface area contributed by atoms with Crippen molar-refractivity contribution in [2.75, 3.05) is 0 Å². The molecule has 0 amide bonds. The maximum absolute atomic E-state index is 4.13. The molecule has 2 heteroatoms. The molecule has 0 bridgehead atoms. The highest BCUT2D eigenvalue weighted by atomic mass is 15.3. The predicted molar refractivity (Wildman–Crippen MR) is 107 cm³/mol. The van der Waals surface area contributed by atoms with E-state index in [-0.39, 0.29) is 0 Å². The molecule has 140 valence electrons. The van der Waals surface area contributed by atoms with Gasteiger partial charge in [0.1, 0.15) is 0 Å². The van der Waals surface area contributed by atoms with E-state index in [1.165, 1.54) is 83.5 Å². The van der Waals surface area contributed by atoms with E-state index in [9.17, 15) is 0 Å². The molecule has 6 rings (SSSR count). The van der Waals surface area contributed by atoms with Crippen molar-refractivity contribution in [1.82, 2.24) is 10.2 Å². The highest BCUT2D eigenvalue weighted by Crippen LogP contribution is 2.53. The highest BCUT2D eigenvalue weighted by molar-refractivity contribution is 5.45. The number of hydrogen-bond donors (Lipinski definition) is 1. The summed E-state index contributed by atoms with van der Waals surface area (Å²) in [6, 6.07) is 2.23. The fourth-order valence-electron chi connectivity index (χ4n) is 7.41. The van der Waals surface area contributed by atoms with Crippen LogP contribution in [0.15, 0.2) is 34.7 Å². The first kappa shape index (κ1) is 15.8. The van der Waals surface area contributed by atoms with Crippen LogP contribution < -0.4 is 5.32 Å². The standard InChI is InChI=1S/C24H34N2/c1-2-8-16(9-3-1)26-22-13-7-5-11-18(22)20-15-14-19-17-10-4-6-12-21(17)25-23(19)24(20)26/h7,13,16-17,20-21,24-25H,1-6,8-12,14-15H2. The summed E-state index contributed by atoms with van der Waals surface area (Å²) in [6.07, 6.45) is 23.3. The molecule has 26 heavy (non-hydrogen) atoms. The van der Waals surface area contributed by atoms with E-state index in [1.807, 2.05) is 11.1 Å². The fourth-order valence-corrected chi connectivity index (χ4v) is 7.41. The lowest BCUT2D eigenvalue weighted by atomic mass is 9.74. The van der Waals surface area contributed by atoms with Crippen molar-refractivity contribution >= 4 is 0 Å². The summed E-state index contributed by atoms with van der Waals surface area (Å²) in [5.41, 5.74) is 7.06. The molecule has 0 aromatic heterocycles. The summed E-state index contributed by atoms with van der Waals surface area (Å²) in [5, 5.41) is 4.13. The lowest BCUT2D eigenvalue weighted by molar-refractivity contribution is 0.153. The minimum Gasteiger partial charge on any atom is -0.383 e. The summed E-state index contributed by atoms with van der Waals surface area (Å²) in [4.78, 5) is 2.95. The Balaban J connectivity index is 1.41. The second-order valence-corrected chi connectivity index (χ2v) is 9.72. The molecule has 0 spiro atoms. The summed E-state index contributed by atoms with van der Waals surface area (Å²) in [5.74, 6) is 1.68.